The Labute approximate surface area is 155 Å². The number of benzene rings is 2. The summed E-state index contributed by atoms with van der Waals surface area (Å²) < 4.78 is 6.50. The third-order valence-corrected chi connectivity index (χ3v) is 4.05. The predicted octanol–water partition coefficient (Wildman–Crippen LogP) is 2.49. The van der Waals surface area contributed by atoms with Gasteiger partial charge in [-0.15, -0.1) is 0 Å². The van der Waals surface area contributed by atoms with E-state index in [4.69, 9.17) is 4.42 Å². The van der Waals surface area contributed by atoms with E-state index in [0.717, 1.165) is 5.56 Å². The Balaban J connectivity index is 1.68. The molecule has 1 heterocycles. The highest BCUT2D eigenvalue weighted by molar-refractivity contribution is 6.02. The van der Waals surface area contributed by atoms with Gasteiger partial charge in [-0.1, -0.05) is 12.1 Å². The van der Waals surface area contributed by atoms with Gasteiger partial charge in [0.1, 0.15) is 0 Å². The molecule has 0 saturated carbocycles. The number of hydrogen-bond donors (Lipinski definition) is 1. The minimum absolute atomic E-state index is 0.0776. The molecule has 2 amide bonds. The average molecular weight is 365 g/mol. The van der Waals surface area contributed by atoms with Crippen molar-refractivity contribution < 1.29 is 14.0 Å². The molecule has 7 heteroatoms. The van der Waals surface area contributed by atoms with E-state index in [0.29, 0.717) is 22.4 Å². The van der Waals surface area contributed by atoms with Crippen LogP contribution in [0.2, 0.25) is 0 Å². The van der Waals surface area contributed by atoms with Crippen molar-refractivity contribution in [3.8, 4) is 0 Å². The zero-order valence-electron chi connectivity index (χ0n) is 15.2. The summed E-state index contributed by atoms with van der Waals surface area (Å²) in [6, 6.07) is 12.0. The third-order valence-electron chi connectivity index (χ3n) is 4.05. The SMILES string of the molecule is CN(C)C(=O)c1ccc(/C=C/C(=O)Nc2ccc3c(c2)oc(=O)n3C)cc1. The summed E-state index contributed by atoms with van der Waals surface area (Å²) in [5.41, 5.74) is 2.97. The number of carbonyl (C=O) groups is 2. The molecule has 0 unspecified atom stereocenters. The van der Waals surface area contributed by atoms with Crippen LogP contribution in [0.4, 0.5) is 5.69 Å². The monoisotopic (exact) mass is 365 g/mol. The van der Waals surface area contributed by atoms with Gasteiger partial charge in [0.2, 0.25) is 5.91 Å². The van der Waals surface area contributed by atoms with Gasteiger partial charge in [-0.2, -0.15) is 0 Å². The largest absolute Gasteiger partial charge is 0.419 e. The first-order valence-corrected chi connectivity index (χ1v) is 8.25. The van der Waals surface area contributed by atoms with Gasteiger partial charge in [0, 0.05) is 44.5 Å². The number of aromatic nitrogens is 1. The summed E-state index contributed by atoms with van der Waals surface area (Å²) in [5, 5.41) is 2.72. The van der Waals surface area contributed by atoms with Crippen LogP contribution in [0.1, 0.15) is 15.9 Å². The van der Waals surface area contributed by atoms with Gasteiger partial charge in [-0.25, -0.2) is 4.79 Å². The Morgan fingerprint density at radius 1 is 1.11 bits per heavy atom. The fraction of sp³-hybridized carbons (Fsp3) is 0.150. The van der Waals surface area contributed by atoms with Crippen LogP contribution >= 0.6 is 0 Å². The van der Waals surface area contributed by atoms with Crippen LogP contribution in [0, 0.1) is 0 Å². The van der Waals surface area contributed by atoms with Gasteiger partial charge in [0.25, 0.3) is 5.91 Å². The predicted molar refractivity (Wildman–Crippen MR) is 104 cm³/mol. The number of hydrogen-bond acceptors (Lipinski definition) is 4. The number of nitrogens with one attached hydrogen (secondary N) is 1. The second kappa shape index (κ2) is 7.33. The van der Waals surface area contributed by atoms with Crippen molar-refractivity contribution in [1.82, 2.24) is 9.47 Å². The lowest BCUT2D eigenvalue weighted by Crippen LogP contribution is -2.21. The van der Waals surface area contributed by atoms with Crippen molar-refractivity contribution in [2.75, 3.05) is 19.4 Å². The van der Waals surface area contributed by atoms with Crippen molar-refractivity contribution in [1.29, 1.82) is 0 Å². The standard InChI is InChI=1S/C20H19N3O4/c1-22(2)19(25)14-7-4-13(5-8-14)6-11-18(24)21-15-9-10-16-17(12-15)27-20(26)23(16)3/h4-12H,1-3H3,(H,21,24)/b11-6+. The maximum absolute atomic E-state index is 12.1. The molecular weight excluding hydrogens is 346 g/mol. The quantitative estimate of drug-likeness (QED) is 0.720. The highest BCUT2D eigenvalue weighted by Gasteiger charge is 2.08. The zero-order chi connectivity index (χ0) is 19.6. The van der Waals surface area contributed by atoms with E-state index in [1.807, 2.05) is 0 Å². The van der Waals surface area contributed by atoms with Crippen LogP contribution in [0.5, 0.6) is 0 Å². The molecule has 1 aromatic heterocycles. The number of aryl methyl sites for hydroxylation is 1. The number of anilines is 1. The molecule has 2 aromatic carbocycles. The molecule has 0 spiro atoms. The fourth-order valence-corrected chi connectivity index (χ4v) is 2.56. The van der Waals surface area contributed by atoms with E-state index < -0.39 is 5.76 Å². The van der Waals surface area contributed by atoms with Crippen molar-refractivity contribution >= 4 is 34.7 Å². The van der Waals surface area contributed by atoms with Crippen LogP contribution < -0.4 is 11.1 Å². The second-order valence-electron chi connectivity index (χ2n) is 6.25. The summed E-state index contributed by atoms with van der Waals surface area (Å²) in [4.78, 5) is 37.0. The fourth-order valence-electron chi connectivity index (χ4n) is 2.56. The second-order valence-corrected chi connectivity index (χ2v) is 6.25. The minimum Gasteiger partial charge on any atom is -0.408 e. The van der Waals surface area contributed by atoms with E-state index in [-0.39, 0.29) is 11.8 Å². The number of rotatable bonds is 4. The van der Waals surface area contributed by atoms with Crippen LogP contribution in [0.25, 0.3) is 17.2 Å². The van der Waals surface area contributed by atoms with Gasteiger partial charge in [-0.3, -0.25) is 14.2 Å². The van der Waals surface area contributed by atoms with E-state index in [2.05, 4.69) is 5.32 Å². The molecular formula is C20H19N3O4. The number of fused-ring (bicyclic) bond motifs is 1. The van der Waals surface area contributed by atoms with Crippen LogP contribution in [0.3, 0.4) is 0 Å². The summed E-state index contributed by atoms with van der Waals surface area (Å²) in [6.45, 7) is 0. The molecule has 27 heavy (non-hydrogen) atoms. The van der Waals surface area contributed by atoms with E-state index in [1.54, 1.807) is 69.7 Å². The lowest BCUT2D eigenvalue weighted by molar-refractivity contribution is -0.111. The Morgan fingerprint density at radius 2 is 1.81 bits per heavy atom. The summed E-state index contributed by atoms with van der Waals surface area (Å²) in [7, 11) is 5.00. The molecule has 0 saturated heterocycles. The van der Waals surface area contributed by atoms with Gasteiger partial charge < -0.3 is 14.6 Å². The van der Waals surface area contributed by atoms with Crippen molar-refractivity contribution in [2.45, 2.75) is 0 Å². The molecule has 138 valence electrons. The van der Waals surface area contributed by atoms with Gasteiger partial charge in [0.05, 0.1) is 5.52 Å². The van der Waals surface area contributed by atoms with Crippen LogP contribution in [-0.2, 0) is 11.8 Å². The number of amides is 2. The lowest BCUT2D eigenvalue weighted by Gasteiger charge is -2.09. The molecule has 0 atom stereocenters. The van der Waals surface area contributed by atoms with Gasteiger partial charge in [-0.05, 0) is 35.9 Å². The molecule has 0 aliphatic carbocycles. The first kappa shape index (κ1) is 18.2. The van der Waals surface area contributed by atoms with Crippen LogP contribution in [-0.4, -0.2) is 35.4 Å². The van der Waals surface area contributed by atoms with Crippen molar-refractivity contribution in [2.24, 2.45) is 7.05 Å². The number of nitrogens with zero attached hydrogens (tertiary/aromatic N) is 2. The van der Waals surface area contributed by atoms with Crippen molar-refractivity contribution in [3.63, 3.8) is 0 Å². The number of carbonyl (C=O) groups excluding carboxylic acids is 2. The number of oxazole rings is 1. The van der Waals surface area contributed by atoms with Gasteiger partial charge >= 0.3 is 5.76 Å². The highest BCUT2D eigenvalue weighted by Crippen LogP contribution is 2.18. The Bertz CT molecular complexity index is 1090. The minimum atomic E-state index is -0.454. The maximum Gasteiger partial charge on any atom is 0.419 e. The normalized spacial score (nSPS) is 11.1. The highest BCUT2D eigenvalue weighted by atomic mass is 16.4. The van der Waals surface area contributed by atoms with Gasteiger partial charge in [0.15, 0.2) is 5.58 Å². The molecule has 0 aliphatic heterocycles. The summed E-state index contributed by atoms with van der Waals surface area (Å²) >= 11 is 0. The molecule has 1 N–H and O–H groups in total. The Morgan fingerprint density at radius 3 is 2.48 bits per heavy atom. The van der Waals surface area contributed by atoms with Crippen molar-refractivity contribution in [3.05, 3.63) is 70.2 Å². The molecule has 7 nitrogen and oxygen atoms in total. The first-order chi connectivity index (χ1) is 12.8. The molecule has 0 radical (unpaired) electrons. The van der Waals surface area contributed by atoms with Crippen LogP contribution in [0.15, 0.2) is 57.8 Å². The molecule has 0 aliphatic rings. The Hall–Kier alpha value is -3.61. The topological polar surface area (TPSA) is 84.6 Å². The molecule has 0 bridgehead atoms. The average Bonchev–Trinajstić information content (AvgIpc) is 2.93. The Kier molecular flexibility index (Phi) is 4.94. The third kappa shape index (κ3) is 3.98. The molecule has 0 fully saturated rings. The smallest absolute Gasteiger partial charge is 0.408 e. The lowest BCUT2D eigenvalue weighted by atomic mass is 10.1. The summed E-state index contributed by atoms with van der Waals surface area (Å²) in [6.07, 6.45) is 3.05. The first-order valence-electron chi connectivity index (χ1n) is 8.25. The van der Waals surface area contributed by atoms with E-state index in [9.17, 15) is 14.4 Å². The zero-order valence-corrected chi connectivity index (χ0v) is 15.2. The molecule has 3 rings (SSSR count). The van der Waals surface area contributed by atoms with E-state index in [1.165, 1.54) is 15.5 Å². The van der Waals surface area contributed by atoms with E-state index >= 15 is 0 Å². The maximum atomic E-state index is 12.1. The molecule has 3 aromatic rings. The summed E-state index contributed by atoms with van der Waals surface area (Å²) in [5.74, 6) is -0.850.